The molecule has 9 nitrogen and oxygen atoms in total. The van der Waals surface area contributed by atoms with Crippen LogP contribution in [0.5, 0.6) is 0 Å². The van der Waals surface area contributed by atoms with Crippen LogP contribution in [0.3, 0.4) is 0 Å². The van der Waals surface area contributed by atoms with Gasteiger partial charge in [0.25, 0.3) is 0 Å². The van der Waals surface area contributed by atoms with Crippen LogP contribution in [-0.2, 0) is 23.9 Å². The van der Waals surface area contributed by atoms with Gasteiger partial charge in [0.05, 0.1) is 7.11 Å². The topological polar surface area (TPSA) is 114 Å². The fourth-order valence-electron chi connectivity index (χ4n) is 4.22. The number of nitrogens with zero attached hydrogens (tertiary/aromatic N) is 1. The summed E-state index contributed by atoms with van der Waals surface area (Å²) < 4.78 is 10.1. The molecule has 2 N–H and O–H groups in total. The van der Waals surface area contributed by atoms with E-state index in [0.717, 1.165) is 31.2 Å². The first kappa shape index (κ1) is 33.9. The summed E-state index contributed by atoms with van der Waals surface area (Å²) in [6, 6.07) is 5.48. The van der Waals surface area contributed by atoms with Crippen LogP contribution in [0.1, 0.15) is 97.2 Å². The molecule has 1 aromatic rings. The molecule has 0 saturated carbocycles. The molecule has 0 heterocycles. The highest BCUT2D eigenvalue weighted by Gasteiger charge is 2.38. The van der Waals surface area contributed by atoms with Crippen molar-refractivity contribution in [2.75, 3.05) is 20.2 Å². The molecule has 0 fully saturated rings. The number of hydrogen-bond acceptors (Lipinski definition) is 6. The van der Waals surface area contributed by atoms with Crippen LogP contribution in [-0.4, -0.2) is 60.6 Å². The molecule has 1 aromatic carbocycles. The van der Waals surface area contributed by atoms with Gasteiger partial charge < -0.3 is 25.0 Å². The van der Waals surface area contributed by atoms with Gasteiger partial charge in [0, 0.05) is 6.54 Å². The number of amides is 3. The van der Waals surface area contributed by atoms with E-state index >= 15 is 0 Å². The van der Waals surface area contributed by atoms with Crippen molar-refractivity contribution < 1.29 is 28.7 Å². The minimum absolute atomic E-state index is 0.219. The third kappa shape index (κ3) is 11.7. The van der Waals surface area contributed by atoms with E-state index < -0.39 is 35.7 Å². The standard InChI is InChI=1S/C30H49N3O6/c1-9-11-12-13-16-19-33(28(36)25(21(3)10-2)32-29(37)39-30(5,6)7)26(23-18-15-14-17-22(23)4)27(35)31-20-24(34)38-8/h14-15,17-18,21,25-26H,9-13,16,19-20H2,1-8H3,(H,31,35)(H,32,37). The number of aryl methyl sites for hydroxylation is 1. The minimum atomic E-state index is -0.999. The van der Waals surface area contributed by atoms with E-state index in [1.165, 1.54) is 7.11 Å². The highest BCUT2D eigenvalue weighted by molar-refractivity contribution is 5.93. The first-order chi connectivity index (χ1) is 18.4. The smallest absolute Gasteiger partial charge is 0.408 e. The van der Waals surface area contributed by atoms with Crippen molar-refractivity contribution in [2.24, 2.45) is 5.92 Å². The molecule has 3 amide bonds. The maximum absolute atomic E-state index is 14.3. The zero-order valence-electron chi connectivity index (χ0n) is 25.1. The molecule has 0 bridgehead atoms. The van der Waals surface area contributed by atoms with E-state index in [9.17, 15) is 19.2 Å². The first-order valence-electron chi connectivity index (χ1n) is 14.1. The number of hydrogen-bond donors (Lipinski definition) is 2. The SMILES string of the molecule is CCCCCCCN(C(=O)C(NC(=O)OC(C)(C)C)C(C)CC)C(C(=O)NCC(=O)OC)c1ccccc1C. The van der Waals surface area contributed by atoms with Gasteiger partial charge in [0.2, 0.25) is 11.8 Å². The molecular formula is C30H49N3O6. The molecular weight excluding hydrogens is 498 g/mol. The van der Waals surface area contributed by atoms with Gasteiger partial charge in [0.15, 0.2) is 0 Å². The van der Waals surface area contributed by atoms with Crippen LogP contribution in [0, 0.1) is 12.8 Å². The van der Waals surface area contributed by atoms with Crippen LogP contribution in [0.15, 0.2) is 24.3 Å². The molecule has 0 spiro atoms. The first-order valence-corrected chi connectivity index (χ1v) is 14.1. The predicted octanol–water partition coefficient (Wildman–Crippen LogP) is 5.06. The number of nitrogens with one attached hydrogen (secondary N) is 2. The summed E-state index contributed by atoms with van der Waals surface area (Å²) in [5.74, 6) is -1.67. The van der Waals surface area contributed by atoms with E-state index in [1.807, 2.05) is 45.0 Å². The molecule has 1 rings (SSSR count). The Bertz CT molecular complexity index is 943. The third-order valence-corrected chi connectivity index (χ3v) is 6.61. The van der Waals surface area contributed by atoms with Crippen LogP contribution >= 0.6 is 0 Å². The zero-order valence-corrected chi connectivity index (χ0v) is 25.1. The van der Waals surface area contributed by atoms with Crippen molar-refractivity contribution >= 4 is 23.9 Å². The number of esters is 1. The molecule has 0 aliphatic carbocycles. The summed E-state index contributed by atoms with van der Waals surface area (Å²) in [5.41, 5.74) is 0.755. The van der Waals surface area contributed by atoms with Crippen molar-refractivity contribution in [1.82, 2.24) is 15.5 Å². The van der Waals surface area contributed by atoms with Crippen LogP contribution in [0.2, 0.25) is 0 Å². The Morgan fingerprint density at radius 1 is 1.00 bits per heavy atom. The number of unbranched alkanes of at least 4 members (excludes halogenated alkanes) is 4. The minimum Gasteiger partial charge on any atom is -0.468 e. The lowest BCUT2D eigenvalue weighted by molar-refractivity contribution is -0.145. The molecule has 39 heavy (non-hydrogen) atoms. The Morgan fingerprint density at radius 3 is 2.21 bits per heavy atom. The average molecular weight is 548 g/mol. The van der Waals surface area contributed by atoms with Crippen molar-refractivity contribution in [3.8, 4) is 0 Å². The quantitative estimate of drug-likeness (QED) is 0.234. The summed E-state index contributed by atoms with van der Waals surface area (Å²) in [7, 11) is 1.25. The lowest BCUT2D eigenvalue weighted by Gasteiger charge is -2.36. The Labute approximate surface area is 234 Å². The second-order valence-corrected chi connectivity index (χ2v) is 11.0. The number of carbonyl (C=O) groups is 4. The van der Waals surface area contributed by atoms with Gasteiger partial charge in [-0.1, -0.05) is 77.1 Å². The molecule has 9 heteroatoms. The number of rotatable bonds is 15. The molecule has 3 atom stereocenters. The zero-order chi connectivity index (χ0) is 29.6. The largest absolute Gasteiger partial charge is 0.468 e. The van der Waals surface area contributed by atoms with Crippen molar-refractivity contribution in [3.63, 3.8) is 0 Å². The summed E-state index contributed by atoms with van der Waals surface area (Å²) in [4.78, 5) is 54.0. The van der Waals surface area contributed by atoms with Crippen LogP contribution < -0.4 is 10.6 Å². The van der Waals surface area contributed by atoms with Gasteiger partial charge in [-0.2, -0.15) is 0 Å². The molecule has 3 unspecified atom stereocenters. The van der Waals surface area contributed by atoms with E-state index in [-0.39, 0.29) is 18.4 Å². The van der Waals surface area contributed by atoms with Gasteiger partial charge in [-0.3, -0.25) is 14.4 Å². The molecule has 0 radical (unpaired) electrons. The van der Waals surface area contributed by atoms with E-state index in [4.69, 9.17) is 9.47 Å². The van der Waals surface area contributed by atoms with Gasteiger partial charge in [-0.25, -0.2) is 4.79 Å². The number of carbonyl (C=O) groups excluding carboxylic acids is 4. The molecule has 0 aliphatic rings. The number of ether oxygens (including phenoxy) is 2. The third-order valence-electron chi connectivity index (χ3n) is 6.61. The Hall–Kier alpha value is -3.10. The summed E-state index contributed by atoms with van der Waals surface area (Å²) >= 11 is 0. The second kappa shape index (κ2) is 16.8. The second-order valence-electron chi connectivity index (χ2n) is 11.0. The Kier molecular flexibility index (Phi) is 14.6. The number of benzene rings is 1. The van der Waals surface area contributed by atoms with Gasteiger partial charge in [-0.05, 0) is 51.2 Å². The van der Waals surface area contributed by atoms with Gasteiger partial charge in [0.1, 0.15) is 24.2 Å². The lowest BCUT2D eigenvalue weighted by atomic mass is 9.94. The van der Waals surface area contributed by atoms with Crippen LogP contribution in [0.25, 0.3) is 0 Å². The maximum Gasteiger partial charge on any atom is 0.408 e. The van der Waals surface area contributed by atoms with Crippen molar-refractivity contribution in [1.29, 1.82) is 0 Å². The monoisotopic (exact) mass is 547 g/mol. The number of alkyl carbamates (subject to hydrolysis) is 1. The maximum atomic E-state index is 14.3. The van der Waals surface area contributed by atoms with Gasteiger partial charge >= 0.3 is 12.1 Å². The Balaban J connectivity index is 3.51. The van der Waals surface area contributed by atoms with Gasteiger partial charge in [-0.15, -0.1) is 0 Å². The summed E-state index contributed by atoms with van der Waals surface area (Å²) in [6.45, 7) is 13.1. The van der Waals surface area contributed by atoms with E-state index in [1.54, 1.807) is 25.7 Å². The highest BCUT2D eigenvalue weighted by Crippen LogP contribution is 2.27. The Morgan fingerprint density at radius 2 is 1.64 bits per heavy atom. The lowest BCUT2D eigenvalue weighted by Crippen LogP contribution is -2.55. The molecule has 220 valence electrons. The molecule has 0 saturated heterocycles. The van der Waals surface area contributed by atoms with E-state index in [0.29, 0.717) is 24.9 Å². The van der Waals surface area contributed by atoms with Crippen LogP contribution in [0.4, 0.5) is 4.79 Å². The molecule has 0 aromatic heterocycles. The fourth-order valence-corrected chi connectivity index (χ4v) is 4.22. The normalized spacial score (nSPS) is 13.5. The average Bonchev–Trinajstić information content (AvgIpc) is 2.88. The molecule has 0 aliphatic heterocycles. The van der Waals surface area contributed by atoms with Crippen molar-refractivity contribution in [2.45, 2.75) is 105 Å². The van der Waals surface area contributed by atoms with Crippen molar-refractivity contribution in [3.05, 3.63) is 35.4 Å². The fraction of sp³-hybridized carbons (Fsp3) is 0.667. The summed E-state index contributed by atoms with van der Waals surface area (Å²) in [5, 5.41) is 5.42. The van der Waals surface area contributed by atoms with E-state index in [2.05, 4.69) is 17.6 Å². The summed E-state index contributed by atoms with van der Waals surface area (Å²) in [6.07, 6.45) is 4.72. The highest BCUT2D eigenvalue weighted by atomic mass is 16.6. The predicted molar refractivity (Wildman–Crippen MR) is 152 cm³/mol. The number of methoxy groups -OCH3 is 1.